The van der Waals surface area contributed by atoms with Crippen LogP contribution in [0.2, 0.25) is 0 Å². The molecule has 0 saturated heterocycles. The molecule has 0 aliphatic rings. The van der Waals surface area contributed by atoms with Crippen molar-refractivity contribution in [2.45, 2.75) is 13.8 Å². The van der Waals surface area contributed by atoms with Crippen LogP contribution in [0, 0.1) is 0 Å². The summed E-state index contributed by atoms with van der Waals surface area (Å²) in [5, 5.41) is 1.95. The van der Waals surface area contributed by atoms with Crippen molar-refractivity contribution in [1.82, 2.24) is 4.40 Å². The third kappa shape index (κ3) is 2.09. The van der Waals surface area contributed by atoms with Crippen molar-refractivity contribution in [1.29, 1.82) is 0 Å². The predicted molar refractivity (Wildman–Crippen MR) is 95.5 cm³/mol. The summed E-state index contributed by atoms with van der Waals surface area (Å²) in [5.41, 5.74) is 2.85. The average molecular weight is 335 g/mol. The number of fused-ring (bicyclic) bond motifs is 3. The second-order valence-corrected chi connectivity index (χ2v) is 5.72. The first kappa shape index (κ1) is 15.4. The van der Waals surface area contributed by atoms with Crippen LogP contribution in [0.15, 0.2) is 42.5 Å². The predicted octanol–water partition coefficient (Wildman–Crippen LogP) is 4.04. The molecule has 0 atom stereocenters. The minimum Gasteiger partial charge on any atom is -0.462 e. The Labute approximate surface area is 144 Å². The lowest BCUT2D eigenvalue weighted by atomic mass is 10.1. The van der Waals surface area contributed by atoms with Crippen LogP contribution in [0.25, 0.3) is 27.3 Å². The number of carbonyl (C=O) groups excluding carboxylic acids is 2. The molecule has 5 nitrogen and oxygen atoms in total. The Morgan fingerprint density at radius 2 is 1.40 bits per heavy atom. The number of nitrogens with zero attached hydrogens (tertiary/aromatic N) is 1. The van der Waals surface area contributed by atoms with E-state index in [1.807, 2.05) is 46.9 Å². The Bertz CT molecular complexity index is 1110. The molecule has 4 rings (SSSR count). The second kappa shape index (κ2) is 5.77. The summed E-state index contributed by atoms with van der Waals surface area (Å²) in [4.78, 5) is 25.3. The highest BCUT2D eigenvalue weighted by atomic mass is 16.5. The topological polar surface area (TPSA) is 57.0 Å². The average Bonchev–Trinajstić information content (AvgIpc) is 3.13. The highest BCUT2D eigenvalue weighted by molar-refractivity contribution is 6.22. The van der Waals surface area contributed by atoms with Gasteiger partial charge >= 0.3 is 11.9 Å². The molecule has 0 radical (unpaired) electrons. The first-order valence-corrected chi connectivity index (χ1v) is 8.30. The maximum Gasteiger partial charge on any atom is 0.341 e. The minimum atomic E-state index is -0.508. The molecule has 0 bridgehead atoms. The highest BCUT2D eigenvalue weighted by Gasteiger charge is 2.30. The molecule has 0 amide bonds. The molecule has 0 fully saturated rings. The van der Waals surface area contributed by atoms with E-state index in [-0.39, 0.29) is 24.3 Å². The van der Waals surface area contributed by atoms with Gasteiger partial charge in [0, 0.05) is 10.8 Å². The van der Waals surface area contributed by atoms with Crippen LogP contribution in [0.3, 0.4) is 0 Å². The summed E-state index contributed by atoms with van der Waals surface area (Å²) in [7, 11) is 0. The van der Waals surface area contributed by atoms with Gasteiger partial charge in [0.1, 0.15) is 11.1 Å². The van der Waals surface area contributed by atoms with Gasteiger partial charge in [-0.25, -0.2) is 9.59 Å². The molecule has 0 aliphatic carbocycles. The third-order valence-electron chi connectivity index (χ3n) is 4.37. The molecule has 0 aliphatic heterocycles. The third-order valence-corrected chi connectivity index (χ3v) is 4.37. The van der Waals surface area contributed by atoms with Crippen LogP contribution < -0.4 is 0 Å². The fourth-order valence-corrected chi connectivity index (χ4v) is 3.49. The molecule has 0 unspecified atom stereocenters. The van der Waals surface area contributed by atoms with E-state index in [0.717, 1.165) is 16.3 Å². The maximum absolute atomic E-state index is 12.7. The van der Waals surface area contributed by atoms with Gasteiger partial charge in [0.15, 0.2) is 0 Å². The molecule has 126 valence electrons. The number of esters is 2. The van der Waals surface area contributed by atoms with Crippen LogP contribution >= 0.6 is 0 Å². The smallest absolute Gasteiger partial charge is 0.341 e. The number of ether oxygens (including phenoxy) is 2. The van der Waals surface area contributed by atoms with Crippen LogP contribution in [-0.4, -0.2) is 29.6 Å². The molecule has 3 heterocycles. The Morgan fingerprint density at radius 3 is 2.08 bits per heavy atom. The van der Waals surface area contributed by atoms with Gasteiger partial charge in [-0.15, -0.1) is 0 Å². The number of aromatic nitrogens is 1. The molecule has 25 heavy (non-hydrogen) atoms. The minimum absolute atomic E-state index is 0.237. The lowest BCUT2D eigenvalue weighted by molar-refractivity contribution is 0.0483. The lowest BCUT2D eigenvalue weighted by Crippen LogP contribution is -2.12. The van der Waals surface area contributed by atoms with Gasteiger partial charge < -0.3 is 13.9 Å². The lowest BCUT2D eigenvalue weighted by Gasteiger charge is -2.05. The summed E-state index contributed by atoms with van der Waals surface area (Å²) in [6.45, 7) is 3.97. The summed E-state index contributed by atoms with van der Waals surface area (Å²) in [5.74, 6) is -1.02. The first-order chi connectivity index (χ1) is 12.2. The second-order valence-electron chi connectivity index (χ2n) is 5.72. The van der Waals surface area contributed by atoms with Gasteiger partial charge in [-0.2, -0.15) is 0 Å². The van der Waals surface area contributed by atoms with Crippen molar-refractivity contribution >= 4 is 39.3 Å². The number of benzene rings is 1. The van der Waals surface area contributed by atoms with Crippen molar-refractivity contribution in [2.75, 3.05) is 13.2 Å². The molecule has 0 saturated carbocycles. The molecule has 4 aromatic rings. The number of hydrogen-bond donors (Lipinski definition) is 0. The largest absolute Gasteiger partial charge is 0.462 e. The van der Waals surface area contributed by atoms with Crippen molar-refractivity contribution < 1.29 is 19.1 Å². The van der Waals surface area contributed by atoms with Gasteiger partial charge in [0.2, 0.25) is 0 Å². The van der Waals surface area contributed by atoms with E-state index in [4.69, 9.17) is 9.47 Å². The van der Waals surface area contributed by atoms with Crippen LogP contribution in [0.1, 0.15) is 34.6 Å². The van der Waals surface area contributed by atoms with Crippen molar-refractivity contribution in [3.05, 3.63) is 53.6 Å². The van der Waals surface area contributed by atoms with Gasteiger partial charge in [0.05, 0.1) is 29.8 Å². The summed E-state index contributed by atoms with van der Waals surface area (Å²) >= 11 is 0. The van der Waals surface area contributed by atoms with E-state index in [2.05, 4.69) is 0 Å². The highest BCUT2D eigenvalue weighted by Crippen LogP contribution is 2.37. The number of carbonyl (C=O) groups is 2. The van der Waals surface area contributed by atoms with E-state index in [1.165, 1.54) is 0 Å². The van der Waals surface area contributed by atoms with Gasteiger partial charge in [-0.1, -0.05) is 30.3 Å². The zero-order valence-corrected chi connectivity index (χ0v) is 14.0. The summed E-state index contributed by atoms with van der Waals surface area (Å²) in [6.07, 6.45) is 0. The van der Waals surface area contributed by atoms with Gasteiger partial charge in [-0.3, -0.25) is 0 Å². The Kier molecular flexibility index (Phi) is 3.57. The fourth-order valence-electron chi connectivity index (χ4n) is 3.49. The van der Waals surface area contributed by atoms with Crippen molar-refractivity contribution in [3.8, 4) is 0 Å². The van der Waals surface area contributed by atoms with E-state index < -0.39 is 11.9 Å². The van der Waals surface area contributed by atoms with Crippen LogP contribution in [0.5, 0.6) is 0 Å². The molecular formula is C20H17NO4. The number of rotatable bonds is 4. The molecule has 1 aromatic carbocycles. The zero-order chi connectivity index (χ0) is 17.6. The molecular weight excluding hydrogens is 318 g/mol. The number of pyridine rings is 1. The summed E-state index contributed by atoms with van der Waals surface area (Å²) < 4.78 is 12.4. The molecule has 3 aromatic heterocycles. The van der Waals surface area contributed by atoms with E-state index in [9.17, 15) is 9.59 Å². The fraction of sp³-hybridized carbons (Fsp3) is 0.200. The van der Waals surface area contributed by atoms with E-state index in [0.29, 0.717) is 11.0 Å². The van der Waals surface area contributed by atoms with Crippen molar-refractivity contribution in [3.63, 3.8) is 0 Å². The maximum atomic E-state index is 12.7. The molecule has 0 N–H and O–H groups in total. The standard InChI is InChI=1S/C20H17NO4/c1-3-24-19(22)16-15-11-7-10-14-12-8-5-6-9-13(12)18(21(14)15)17(16)20(23)25-4-2/h5-11H,3-4H2,1-2H3. The molecule has 0 spiro atoms. The molecule has 5 heteroatoms. The van der Waals surface area contributed by atoms with E-state index in [1.54, 1.807) is 13.8 Å². The Morgan fingerprint density at radius 1 is 0.800 bits per heavy atom. The normalized spacial score (nSPS) is 11.4. The Hall–Kier alpha value is -3.08. The number of hydrogen-bond acceptors (Lipinski definition) is 4. The summed E-state index contributed by atoms with van der Waals surface area (Å²) in [6, 6.07) is 13.5. The van der Waals surface area contributed by atoms with Crippen LogP contribution in [-0.2, 0) is 9.47 Å². The van der Waals surface area contributed by atoms with Gasteiger partial charge in [-0.05, 0) is 26.0 Å². The quantitative estimate of drug-likeness (QED) is 0.528. The first-order valence-electron chi connectivity index (χ1n) is 8.30. The van der Waals surface area contributed by atoms with Crippen molar-refractivity contribution in [2.24, 2.45) is 0 Å². The monoisotopic (exact) mass is 335 g/mol. The van der Waals surface area contributed by atoms with Gasteiger partial charge in [0.25, 0.3) is 0 Å². The zero-order valence-electron chi connectivity index (χ0n) is 14.0. The van der Waals surface area contributed by atoms with E-state index >= 15 is 0 Å². The van der Waals surface area contributed by atoms with Crippen LogP contribution in [0.4, 0.5) is 0 Å². The Balaban J connectivity index is 2.20. The SMILES string of the molecule is CCOC(=O)c1c(C(=O)OCC)c2c3ccccc3c3cccc1n32.